The van der Waals surface area contributed by atoms with Gasteiger partial charge in [-0.15, -0.1) is 18.9 Å². The summed E-state index contributed by atoms with van der Waals surface area (Å²) in [6, 6.07) is 0.740. The van der Waals surface area contributed by atoms with Crippen molar-refractivity contribution in [2.24, 2.45) is 5.41 Å². The molecule has 0 aromatic carbocycles. The van der Waals surface area contributed by atoms with Crippen molar-refractivity contribution >= 4 is 39.4 Å². The summed E-state index contributed by atoms with van der Waals surface area (Å²) in [6.07, 6.45) is 12.4. The van der Waals surface area contributed by atoms with Gasteiger partial charge in [-0.1, -0.05) is 52.2 Å². The van der Waals surface area contributed by atoms with Crippen LogP contribution in [0.5, 0.6) is 0 Å². The first kappa shape index (κ1) is 38.2. The summed E-state index contributed by atoms with van der Waals surface area (Å²) < 4.78 is 26.6. The fourth-order valence-electron chi connectivity index (χ4n) is 6.20. The number of amides is 5. The summed E-state index contributed by atoms with van der Waals surface area (Å²) >= 11 is 0. The quantitative estimate of drug-likeness (QED) is 0.130. The second-order valence-corrected chi connectivity index (χ2v) is 15.5. The number of likely N-dealkylation sites (tertiary alicyclic amines) is 1. The Kier molecular flexibility index (Phi) is 13.3. The summed E-state index contributed by atoms with van der Waals surface area (Å²) in [5, 5.41) is 10.7. The van der Waals surface area contributed by atoms with Crippen LogP contribution in [0.25, 0.3) is 0 Å². The SMILES string of the molecule is C#CCCC(NC(=O)C1CCCN1C(=O)[C@@H](NC(=O)NC1(CS(=O)(=O)c2ccccn2)CCCCC1)C(C)(C)C)C(=O)C(=O)NCC=C. The maximum atomic E-state index is 14.1. The van der Waals surface area contributed by atoms with Gasteiger partial charge in [0.1, 0.15) is 12.1 Å². The molecule has 5 amide bonds. The Morgan fingerprint density at radius 2 is 1.83 bits per heavy atom. The highest BCUT2D eigenvalue weighted by molar-refractivity contribution is 7.91. The minimum absolute atomic E-state index is 0.0351. The van der Waals surface area contributed by atoms with Crippen molar-refractivity contribution in [2.45, 2.75) is 107 Å². The maximum absolute atomic E-state index is 14.1. The smallest absolute Gasteiger partial charge is 0.315 e. The lowest BCUT2D eigenvalue weighted by atomic mass is 9.83. The Bertz CT molecular complexity index is 1490. The van der Waals surface area contributed by atoms with Crippen molar-refractivity contribution in [1.82, 2.24) is 31.2 Å². The minimum atomic E-state index is -3.84. The number of nitrogens with zero attached hydrogens (tertiary/aromatic N) is 2. The van der Waals surface area contributed by atoms with Crippen LogP contribution in [0.4, 0.5) is 4.79 Å². The number of urea groups is 1. The molecule has 48 heavy (non-hydrogen) atoms. The highest BCUT2D eigenvalue weighted by Gasteiger charge is 2.44. The number of terminal acetylenes is 1. The molecule has 13 nitrogen and oxygen atoms in total. The van der Waals surface area contributed by atoms with Crippen LogP contribution in [0.15, 0.2) is 42.1 Å². The Morgan fingerprint density at radius 3 is 2.44 bits per heavy atom. The van der Waals surface area contributed by atoms with Crippen molar-refractivity contribution < 1.29 is 32.4 Å². The molecule has 1 aromatic rings. The molecule has 0 bridgehead atoms. The molecule has 2 heterocycles. The molecular weight excluding hydrogens is 636 g/mol. The van der Waals surface area contributed by atoms with Gasteiger partial charge < -0.3 is 26.2 Å². The second kappa shape index (κ2) is 16.7. The monoisotopic (exact) mass is 684 g/mol. The zero-order valence-electron chi connectivity index (χ0n) is 28.0. The van der Waals surface area contributed by atoms with Crippen LogP contribution < -0.4 is 21.3 Å². The number of ketones is 1. The van der Waals surface area contributed by atoms with E-state index >= 15 is 0 Å². The van der Waals surface area contributed by atoms with E-state index in [1.807, 2.05) is 0 Å². The van der Waals surface area contributed by atoms with Crippen LogP contribution in [0, 0.1) is 17.8 Å². The lowest BCUT2D eigenvalue weighted by Gasteiger charge is -2.40. The number of hydrogen-bond acceptors (Lipinski definition) is 8. The molecule has 2 aliphatic rings. The van der Waals surface area contributed by atoms with Crippen LogP contribution in [-0.4, -0.2) is 90.3 Å². The Hall–Kier alpha value is -4.25. The van der Waals surface area contributed by atoms with Gasteiger partial charge in [-0.05, 0) is 49.7 Å². The van der Waals surface area contributed by atoms with Gasteiger partial charge in [0.05, 0.1) is 17.3 Å². The summed E-state index contributed by atoms with van der Waals surface area (Å²) in [5.41, 5.74) is -1.86. The molecule has 3 atom stereocenters. The Balaban J connectivity index is 1.77. The third-order valence-corrected chi connectivity index (χ3v) is 10.5. The van der Waals surface area contributed by atoms with Crippen molar-refractivity contribution in [3.05, 3.63) is 37.1 Å². The van der Waals surface area contributed by atoms with Crippen molar-refractivity contribution in [2.75, 3.05) is 18.8 Å². The molecule has 262 valence electrons. The number of pyridine rings is 1. The van der Waals surface area contributed by atoms with E-state index in [2.05, 4.69) is 38.8 Å². The average molecular weight is 685 g/mol. The molecule has 1 aliphatic carbocycles. The van der Waals surface area contributed by atoms with Gasteiger partial charge in [0.2, 0.25) is 17.6 Å². The fraction of sp³-hybridized carbons (Fsp3) is 0.588. The predicted octanol–water partition coefficient (Wildman–Crippen LogP) is 2.03. The van der Waals surface area contributed by atoms with Crippen LogP contribution in [0.1, 0.15) is 78.6 Å². The topological polar surface area (TPSA) is 184 Å². The van der Waals surface area contributed by atoms with Crippen molar-refractivity contribution in [1.29, 1.82) is 0 Å². The first-order valence-electron chi connectivity index (χ1n) is 16.3. The van der Waals surface area contributed by atoms with Gasteiger partial charge in [-0.2, -0.15) is 0 Å². The molecule has 4 N–H and O–H groups in total. The maximum Gasteiger partial charge on any atom is 0.315 e. The van der Waals surface area contributed by atoms with E-state index in [9.17, 15) is 32.4 Å². The summed E-state index contributed by atoms with van der Waals surface area (Å²) in [5.74, 6) is -0.772. The highest BCUT2D eigenvalue weighted by atomic mass is 32.2. The zero-order valence-corrected chi connectivity index (χ0v) is 28.9. The summed E-state index contributed by atoms with van der Waals surface area (Å²) in [7, 11) is -3.84. The van der Waals surface area contributed by atoms with Crippen molar-refractivity contribution in [3.8, 4) is 12.3 Å². The van der Waals surface area contributed by atoms with Gasteiger partial charge in [-0.25, -0.2) is 18.2 Å². The first-order chi connectivity index (χ1) is 22.6. The molecule has 0 spiro atoms. The third kappa shape index (κ3) is 10.1. The highest BCUT2D eigenvalue weighted by Crippen LogP contribution is 2.32. The number of nitrogens with one attached hydrogen (secondary N) is 4. The van der Waals surface area contributed by atoms with E-state index in [4.69, 9.17) is 6.42 Å². The average Bonchev–Trinajstić information content (AvgIpc) is 3.54. The predicted molar refractivity (Wildman–Crippen MR) is 180 cm³/mol. The van der Waals surface area contributed by atoms with Crippen LogP contribution in [0.3, 0.4) is 0 Å². The van der Waals surface area contributed by atoms with E-state index in [1.165, 1.54) is 23.2 Å². The Labute approximate surface area is 283 Å². The summed E-state index contributed by atoms with van der Waals surface area (Å²) in [6.45, 7) is 9.14. The Morgan fingerprint density at radius 1 is 1.12 bits per heavy atom. The summed E-state index contributed by atoms with van der Waals surface area (Å²) in [4.78, 5) is 71.8. The molecule has 1 saturated heterocycles. The number of Topliss-reactive ketones (excluding diaryl/α,β-unsaturated/α-hetero) is 1. The van der Waals surface area contributed by atoms with Gasteiger partial charge in [-0.3, -0.25) is 19.2 Å². The minimum Gasteiger partial charge on any atom is -0.346 e. The van der Waals surface area contributed by atoms with E-state index in [1.54, 1.807) is 32.9 Å². The number of sulfone groups is 1. The lowest BCUT2D eigenvalue weighted by molar-refractivity contribution is -0.143. The normalized spacial score (nSPS) is 18.8. The molecule has 14 heteroatoms. The number of aromatic nitrogens is 1. The fourth-order valence-corrected chi connectivity index (χ4v) is 7.95. The number of rotatable bonds is 14. The number of carbonyl (C=O) groups excluding carboxylic acids is 5. The molecule has 1 aromatic heterocycles. The van der Waals surface area contributed by atoms with Gasteiger partial charge in [0, 0.05) is 25.7 Å². The zero-order chi connectivity index (χ0) is 35.5. The first-order valence-corrected chi connectivity index (χ1v) is 18.0. The van der Waals surface area contributed by atoms with Crippen LogP contribution in [-0.2, 0) is 29.0 Å². The van der Waals surface area contributed by atoms with E-state index in [0.717, 1.165) is 19.3 Å². The van der Waals surface area contributed by atoms with Gasteiger partial charge in [0.25, 0.3) is 5.91 Å². The lowest BCUT2D eigenvalue weighted by Crippen LogP contribution is -2.63. The molecular formula is C34H48N6O7S. The number of hydrogen-bond donors (Lipinski definition) is 4. The standard InChI is InChI=1S/C34H48N6O7S/c1-6-8-15-24(27(41)30(43)36-20-7-2)37-29(42)25-16-14-22-40(25)31(44)28(33(3,4)5)38-32(45)39-34(18-11-9-12-19-34)23-48(46,47)26-17-10-13-21-35-26/h1,7,10,13,17,21,24-25,28H,2,8-9,11-12,14-16,18-20,22-23H2,3-5H3,(H,36,43)(H,37,42)(H2,38,39,45)/t24?,25?,28-/m1/s1. The molecule has 3 rings (SSSR count). The number of carbonyl (C=O) groups is 5. The van der Waals surface area contributed by atoms with E-state index < -0.39 is 68.5 Å². The van der Waals surface area contributed by atoms with Crippen molar-refractivity contribution in [3.63, 3.8) is 0 Å². The molecule has 1 aliphatic heterocycles. The molecule has 2 fully saturated rings. The van der Waals surface area contributed by atoms with Gasteiger partial charge in [0.15, 0.2) is 14.9 Å². The van der Waals surface area contributed by atoms with Gasteiger partial charge >= 0.3 is 6.03 Å². The van der Waals surface area contributed by atoms with E-state index in [0.29, 0.717) is 25.7 Å². The second-order valence-electron chi connectivity index (χ2n) is 13.5. The molecule has 2 unspecified atom stereocenters. The third-order valence-electron chi connectivity index (χ3n) is 8.68. The van der Waals surface area contributed by atoms with E-state index in [-0.39, 0.29) is 36.7 Å². The largest absolute Gasteiger partial charge is 0.346 e. The molecule has 0 radical (unpaired) electrons. The molecule has 1 saturated carbocycles. The van der Waals surface area contributed by atoms with Crippen LogP contribution >= 0.6 is 0 Å². The van der Waals surface area contributed by atoms with Crippen LogP contribution in [0.2, 0.25) is 0 Å².